The van der Waals surface area contributed by atoms with Crippen molar-refractivity contribution in [2.75, 3.05) is 6.61 Å². The average molecular weight is 154 g/mol. The first kappa shape index (κ1) is 8.11. The Labute approximate surface area is 66.8 Å². The number of nitrogens with one attached hydrogen (secondary N) is 1. The second kappa shape index (κ2) is 3.42. The van der Waals surface area contributed by atoms with Gasteiger partial charge in [-0.15, -0.1) is 5.10 Å². The van der Waals surface area contributed by atoms with E-state index in [2.05, 4.69) is 17.1 Å². The largest absolute Gasteiger partial charge is 0.477 e. The Bertz CT molecular complexity index is 230. The number of rotatable bonds is 3. The summed E-state index contributed by atoms with van der Waals surface area (Å²) >= 11 is 0. The molecule has 0 spiro atoms. The summed E-state index contributed by atoms with van der Waals surface area (Å²) in [6.07, 6.45) is 0.970. The molecule has 0 atom stereocenters. The van der Waals surface area contributed by atoms with Gasteiger partial charge in [0.05, 0.1) is 6.61 Å². The van der Waals surface area contributed by atoms with Crippen LogP contribution in [0.15, 0.2) is 0 Å². The molecule has 0 unspecified atom stereocenters. The number of ether oxygens (including phenoxy) is 1. The molecule has 0 radical (unpaired) electrons. The number of aryl methyl sites for hydroxylation is 1. The van der Waals surface area contributed by atoms with Crippen molar-refractivity contribution in [1.29, 1.82) is 0 Å². The van der Waals surface area contributed by atoms with E-state index in [4.69, 9.17) is 4.74 Å². The van der Waals surface area contributed by atoms with Crippen LogP contribution in [0.25, 0.3) is 0 Å². The van der Waals surface area contributed by atoms with E-state index in [1.165, 1.54) is 5.56 Å². The van der Waals surface area contributed by atoms with Gasteiger partial charge in [0.25, 0.3) is 0 Å². The molecule has 11 heavy (non-hydrogen) atoms. The Hall–Kier alpha value is -0.990. The van der Waals surface area contributed by atoms with Crippen LogP contribution in [0.2, 0.25) is 0 Å². The first-order valence-corrected chi connectivity index (χ1v) is 3.96. The molecule has 1 heterocycles. The van der Waals surface area contributed by atoms with Crippen molar-refractivity contribution in [3.05, 3.63) is 11.3 Å². The molecule has 0 aromatic carbocycles. The molecule has 0 aliphatic carbocycles. The van der Waals surface area contributed by atoms with Gasteiger partial charge in [-0.2, -0.15) is 0 Å². The summed E-state index contributed by atoms with van der Waals surface area (Å²) in [5.41, 5.74) is 2.29. The third-order valence-corrected chi connectivity index (χ3v) is 1.67. The molecule has 0 saturated heterocycles. The molecule has 1 N–H and O–H groups in total. The smallest absolute Gasteiger partial charge is 0.235 e. The van der Waals surface area contributed by atoms with Crippen molar-refractivity contribution in [2.45, 2.75) is 27.2 Å². The molecule has 1 rings (SSSR count). The number of aromatic nitrogens is 2. The topological polar surface area (TPSA) is 37.9 Å². The predicted octanol–water partition coefficient (Wildman–Crippen LogP) is 1.68. The highest BCUT2D eigenvalue weighted by Crippen LogP contribution is 2.18. The normalized spacial score (nSPS) is 10.1. The highest BCUT2D eigenvalue weighted by atomic mass is 16.5. The lowest BCUT2D eigenvalue weighted by molar-refractivity contribution is 0.323. The average Bonchev–Trinajstić information content (AvgIpc) is 2.33. The molecule has 0 bridgehead atoms. The molecule has 0 amide bonds. The highest BCUT2D eigenvalue weighted by Gasteiger charge is 2.07. The van der Waals surface area contributed by atoms with Crippen molar-refractivity contribution in [3.63, 3.8) is 0 Å². The molecule has 0 saturated carbocycles. The first-order valence-electron chi connectivity index (χ1n) is 3.96. The number of hydrogen-bond donors (Lipinski definition) is 1. The fourth-order valence-electron chi connectivity index (χ4n) is 1.10. The molecular formula is C8H14N2O. The van der Waals surface area contributed by atoms with E-state index in [0.29, 0.717) is 6.61 Å². The second-order valence-electron chi connectivity index (χ2n) is 2.42. The van der Waals surface area contributed by atoms with E-state index in [-0.39, 0.29) is 0 Å². The standard InChI is InChI=1S/C8H14N2O/c1-4-7-6(3)9-10-8(7)11-5-2/h4-5H2,1-3H3,(H,9,10). The van der Waals surface area contributed by atoms with Crippen molar-refractivity contribution < 1.29 is 4.74 Å². The fourth-order valence-corrected chi connectivity index (χ4v) is 1.10. The summed E-state index contributed by atoms with van der Waals surface area (Å²) in [5.74, 6) is 0.757. The summed E-state index contributed by atoms with van der Waals surface area (Å²) in [6, 6.07) is 0. The molecule has 0 fully saturated rings. The Kier molecular flexibility index (Phi) is 2.52. The minimum atomic E-state index is 0.678. The maximum atomic E-state index is 5.31. The van der Waals surface area contributed by atoms with Crippen LogP contribution in [-0.4, -0.2) is 16.8 Å². The number of aromatic amines is 1. The lowest BCUT2D eigenvalue weighted by Crippen LogP contribution is -1.94. The number of H-pyrrole nitrogens is 1. The summed E-state index contributed by atoms with van der Waals surface area (Å²) in [5, 5.41) is 6.93. The summed E-state index contributed by atoms with van der Waals surface area (Å²) in [4.78, 5) is 0. The Balaban J connectivity index is 2.86. The second-order valence-corrected chi connectivity index (χ2v) is 2.42. The van der Waals surface area contributed by atoms with Gasteiger partial charge in [0.1, 0.15) is 0 Å². The van der Waals surface area contributed by atoms with Gasteiger partial charge in [0.15, 0.2) is 0 Å². The van der Waals surface area contributed by atoms with Gasteiger partial charge in [-0.3, -0.25) is 5.10 Å². The van der Waals surface area contributed by atoms with Gasteiger partial charge in [0, 0.05) is 11.3 Å². The zero-order valence-corrected chi connectivity index (χ0v) is 7.27. The zero-order chi connectivity index (χ0) is 8.27. The first-order chi connectivity index (χ1) is 5.29. The minimum Gasteiger partial charge on any atom is -0.477 e. The third kappa shape index (κ3) is 1.53. The maximum absolute atomic E-state index is 5.31. The zero-order valence-electron chi connectivity index (χ0n) is 7.27. The van der Waals surface area contributed by atoms with Crippen LogP contribution in [-0.2, 0) is 6.42 Å². The van der Waals surface area contributed by atoms with E-state index in [9.17, 15) is 0 Å². The van der Waals surface area contributed by atoms with E-state index in [1.54, 1.807) is 0 Å². The van der Waals surface area contributed by atoms with Crippen LogP contribution in [0.4, 0.5) is 0 Å². The third-order valence-electron chi connectivity index (χ3n) is 1.67. The number of hydrogen-bond acceptors (Lipinski definition) is 2. The molecule has 1 aromatic rings. The van der Waals surface area contributed by atoms with Crippen molar-refractivity contribution in [3.8, 4) is 5.88 Å². The van der Waals surface area contributed by atoms with Gasteiger partial charge in [-0.05, 0) is 20.3 Å². The van der Waals surface area contributed by atoms with Crippen LogP contribution in [0.3, 0.4) is 0 Å². The summed E-state index contributed by atoms with van der Waals surface area (Å²) in [6.45, 7) is 6.75. The maximum Gasteiger partial charge on any atom is 0.235 e. The lowest BCUT2D eigenvalue weighted by Gasteiger charge is -1.99. The van der Waals surface area contributed by atoms with Gasteiger partial charge in [0.2, 0.25) is 5.88 Å². The number of nitrogens with zero attached hydrogens (tertiary/aromatic N) is 1. The Morgan fingerprint density at radius 1 is 1.45 bits per heavy atom. The Morgan fingerprint density at radius 2 is 2.18 bits per heavy atom. The monoisotopic (exact) mass is 154 g/mol. The van der Waals surface area contributed by atoms with E-state index in [0.717, 1.165) is 18.0 Å². The van der Waals surface area contributed by atoms with E-state index in [1.807, 2.05) is 13.8 Å². The van der Waals surface area contributed by atoms with E-state index >= 15 is 0 Å². The lowest BCUT2D eigenvalue weighted by atomic mass is 10.2. The van der Waals surface area contributed by atoms with Crippen LogP contribution < -0.4 is 4.74 Å². The fraction of sp³-hybridized carbons (Fsp3) is 0.625. The SMILES string of the molecule is CCOc1n[nH]c(C)c1CC. The molecule has 62 valence electrons. The quantitative estimate of drug-likeness (QED) is 0.719. The van der Waals surface area contributed by atoms with Gasteiger partial charge in [-0.1, -0.05) is 6.92 Å². The minimum absolute atomic E-state index is 0.678. The molecule has 3 nitrogen and oxygen atoms in total. The van der Waals surface area contributed by atoms with Crippen molar-refractivity contribution in [2.24, 2.45) is 0 Å². The van der Waals surface area contributed by atoms with Crippen LogP contribution in [0.1, 0.15) is 25.1 Å². The van der Waals surface area contributed by atoms with Crippen LogP contribution in [0, 0.1) is 6.92 Å². The highest BCUT2D eigenvalue weighted by molar-refractivity contribution is 5.29. The molecule has 0 aliphatic heterocycles. The summed E-state index contributed by atoms with van der Waals surface area (Å²) in [7, 11) is 0. The van der Waals surface area contributed by atoms with Crippen LogP contribution in [0.5, 0.6) is 5.88 Å². The van der Waals surface area contributed by atoms with Crippen LogP contribution >= 0.6 is 0 Å². The molecule has 3 heteroatoms. The van der Waals surface area contributed by atoms with Gasteiger partial charge in [-0.25, -0.2) is 0 Å². The Morgan fingerprint density at radius 3 is 2.73 bits per heavy atom. The predicted molar refractivity (Wildman–Crippen MR) is 43.9 cm³/mol. The van der Waals surface area contributed by atoms with Crippen molar-refractivity contribution >= 4 is 0 Å². The summed E-state index contributed by atoms with van der Waals surface area (Å²) < 4.78 is 5.31. The molecule has 1 aromatic heterocycles. The van der Waals surface area contributed by atoms with Gasteiger partial charge < -0.3 is 4.74 Å². The van der Waals surface area contributed by atoms with E-state index < -0.39 is 0 Å². The molecular weight excluding hydrogens is 140 g/mol. The van der Waals surface area contributed by atoms with Crippen molar-refractivity contribution in [1.82, 2.24) is 10.2 Å². The van der Waals surface area contributed by atoms with Gasteiger partial charge >= 0.3 is 0 Å². The molecule has 0 aliphatic rings.